The lowest BCUT2D eigenvalue weighted by atomic mass is 10.0. The fourth-order valence-electron chi connectivity index (χ4n) is 7.73. The second-order valence-electron chi connectivity index (χ2n) is 13.2. The number of hydrogen-bond acceptors (Lipinski definition) is 4. The summed E-state index contributed by atoms with van der Waals surface area (Å²) in [5, 5.41) is 12.8. The van der Waals surface area contributed by atoms with Crippen LogP contribution in [0.15, 0.2) is 170 Å². The van der Waals surface area contributed by atoms with Crippen LogP contribution in [0.4, 0.5) is 17.1 Å². The minimum Gasteiger partial charge on any atom is -0.310 e. The predicted octanol–water partition coefficient (Wildman–Crippen LogP) is 14.4. The van der Waals surface area contributed by atoms with Crippen molar-refractivity contribution >= 4 is 112 Å². The van der Waals surface area contributed by atoms with Gasteiger partial charge in [0.15, 0.2) is 0 Å². The third-order valence-corrected chi connectivity index (χ3v) is 12.7. The molecule has 4 heteroatoms. The lowest BCUT2D eigenvalue weighted by Crippen LogP contribution is -2.09. The molecule has 0 atom stereocenters. The first kappa shape index (κ1) is 28.7. The molecule has 0 aliphatic rings. The van der Waals surface area contributed by atoms with E-state index in [4.69, 9.17) is 4.98 Å². The molecule has 0 unspecified atom stereocenters. The van der Waals surface area contributed by atoms with Crippen molar-refractivity contribution in [2.75, 3.05) is 4.90 Å². The van der Waals surface area contributed by atoms with E-state index in [9.17, 15) is 0 Å². The van der Waals surface area contributed by atoms with Crippen molar-refractivity contribution in [2.45, 2.75) is 0 Å². The lowest BCUT2D eigenvalue weighted by Gasteiger charge is -2.26. The fourth-order valence-corrected chi connectivity index (χ4v) is 10.3. The maximum Gasteiger partial charge on any atom is 0.0708 e. The molecule has 0 amide bonds. The first-order chi connectivity index (χ1) is 25.2. The molecule has 238 valence electrons. The van der Waals surface area contributed by atoms with E-state index in [0.29, 0.717) is 0 Å². The van der Waals surface area contributed by atoms with Gasteiger partial charge in [0.2, 0.25) is 0 Å². The summed E-state index contributed by atoms with van der Waals surface area (Å²) in [7, 11) is 0. The van der Waals surface area contributed by atoms with Crippen LogP contribution in [-0.2, 0) is 0 Å². The molecule has 0 saturated heterocycles. The van der Waals surface area contributed by atoms with Crippen LogP contribution in [0.2, 0.25) is 0 Å². The molecule has 8 aromatic carbocycles. The van der Waals surface area contributed by atoms with Gasteiger partial charge in [-0.3, -0.25) is 4.98 Å². The normalized spacial score (nSPS) is 11.9. The summed E-state index contributed by atoms with van der Waals surface area (Å²) in [6, 6.07) is 59.9. The van der Waals surface area contributed by atoms with Gasteiger partial charge in [-0.05, 0) is 69.4 Å². The van der Waals surface area contributed by atoms with Crippen molar-refractivity contribution in [3.8, 4) is 11.3 Å². The highest BCUT2D eigenvalue weighted by atomic mass is 32.1. The van der Waals surface area contributed by atoms with Gasteiger partial charge in [0.25, 0.3) is 0 Å². The minimum atomic E-state index is 0.977. The fraction of sp³-hybridized carbons (Fsp3) is 0. The molecule has 11 aromatic rings. The highest BCUT2D eigenvalue weighted by molar-refractivity contribution is 7.27. The van der Waals surface area contributed by atoms with E-state index in [-0.39, 0.29) is 0 Å². The molecule has 51 heavy (non-hydrogen) atoms. The van der Waals surface area contributed by atoms with Crippen LogP contribution in [0.25, 0.3) is 83.9 Å². The maximum atomic E-state index is 4.81. The van der Waals surface area contributed by atoms with Gasteiger partial charge in [-0.2, -0.15) is 0 Å². The zero-order valence-corrected chi connectivity index (χ0v) is 29.0. The van der Waals surface area contributed by atoms with E-state index in [1.54, 1.807) is 0 Å². The molecule has 0 aliphatic heterocycles. The van der Waals surface area contributed by atoms with Crippen molar-refractivity contribution < 1.29 is 0 Å². The molecule has 0 radical (unpaired) electrons. The van der Waals surface area contributed by atoms with E-state index in [1.807, 2.05) is 28.9 Å². The van der Waals surface area contributed by atoms with E-state index >= 15 is 0 Å². The molecule has 3 aromatic heterocycles. The third-order valence-electron chi connectivity index (χ3n) is 10.3. The number of rotatable bonds is 4. The van der Waals surface area contributed by atoms with Crippen LogP contribution >= 0.6 is 22.7 Å². The Morgan fingerprint density at radius 3 is 1.45 bits per heavy atom. The molecule has 11 rings (SSSR count). The molecule has 3 heterocycles. The van der Waals surface area contributed by atoms with Crippen LogP contribution in [0.1, 0.15) is 0 Å². The summed E-state index contributed by atoms with van der Waals surface area (Å²) in [5.74, 6) is 0. The Morgan fingerprint density at radius 1 is 0.373 bits per heavy atom. The number of pyridine rings is 1. The number of thiophene rings is 2. The minimum absolute atomic E-state index is 0.977. The van der Waals surface area contributed by atoms with E-state index in [1.165, 1.54) is 67.3 Å². The van der Waals surface area contributed by atoms with Crippen LogP contribution in [0.3, 0.4) is 0 Å². The highest BCUT2D eigenvalue weighted by Gasteiger charge is 2.18. The first-order valence-electron chi connectivity index (χ1n) is 17.2. The average Bonchev–Trinajstić information content (AvgIpc) is 3.76. The van der Waals surface area contributed by atoms with E-state index in [2.05, 4.69) is 169 Å². The van der Waals surface area contributed by atoms with Gasteiger partial charge >= 0.3 is 0 Å². The number of anilines is 3. The predicted molar refractivity (Wildman–Crippen MR) is 223 cm³/mol. The molecule has 0 saturated carbocycles. The van der Waals surface area contributed by atoms with Gasteiger partial charge in [0.1, 0.15) is 0 Å². The van der Waals surface area contributed by atoms with Crippen LogP contribution in [0, 0.1) is 0 Å². The first-order valence-corrected chi connectivity index (χ1v) is 18.8. The molecule has 0 N–H and O–H groups in total. The monoisotopic (exact) mass is 684 g/mol. The topological polar surface area (TPSA) is 16.1 Å². The van der Waals surface area contributed by atoms with E-state index < -0.39 is 0 Å². The number of aromatic nitrogens is 1. The number of hydrogen-bond donors (Lipinski definition) is 0. The van der Waals surface area contributed by atoms with Crippen molar-refractivity contribution in [1.82, 2.24) is 4.98 Å². The Morgan fingerprint density at radius 2 is 0.863 bits per heavy atom. The van der Waals surface area contributed by atoms with Crippen molar-refractivity contribution in [1.29, 1.82) is 0 Å². The summed E-state index contributed by atoms with van der Waals surface area (Å²) in [4.78, 5) is 7.21. The van der Waals surface area contributed by atoms with Crippen LogP contribution < -0.4 is 4.90 Å². The van der Waals surface area contributed by atoms with Crippen molar-refractivity contribution in [3.05, 3.63) is 170 Å². The molecule has 0 aliphatic carbocycles. The van der Waals surface area contributed by atoms with Gasteiger partial charge < -0.3 is 4.90 Å². The summed E-state index contributed by atoms with van der Waals surface area (Å²) in [6.45, 7) is 0. The quantitative estimate of drug-likeness (QED) is 0.183. The van der Waals surface area contributed by atoms with Gasteiger partial charge in [-0.25, -0.2) is 0 Å². The highest BCUT2D eigenvalue weighted by Crippen LogP contribution is 2.45. The van der Waals surface area contributed by atoms with Gasteiger partial charge in [-0.15, -0.1) is 22.7 Å². The standard InChI is InChI=1S/C47H28N2S2/c1-2-10-33-28-48-43(25-32(33)9-1)31-13-17-34(18-14-31)49(35-19-23-39-41-21-15-29-7-3-5-11-37(29)46(41)50-44(39)26-35)36-20-24-40-42-22-16-30-8-4-6-12-38(30)47(42)51-45(40)27-36/h1-28H. The second kappa shape index (κ2) is 11.2. The van der Waals surface area contributed by atoms with Crippen molar-refractivity contribution in [2.24, 2.45) is 0 Å². The molecular formula is C47H28N2S2. The summed E-state index contributed by atoms with van der Waals surface area (Å²) < 4.78 is 5.27. The Kier molecular flexibility index (Phi) is 6.32. The molecule has 2 nitrogen and oxygen atoms in total. The molecule has 0 fully saturated rings. The Bertz CT molecular complexity index is 3000. The summed E-state index contributed by atoms with van der Waals surface area (Å²) >= 11 is 3.77. The van der Waals surface area contributed by atoms with Crippen molar-refractivity contribution in [3.63, 3.8) is 0 Å². The summed E-state index contributed by atoms with van der Waals surface area (Å²) in [6.07, 6.45) is 1.97. The second-order valence-corrected chi connectivity index (χ2v) is 15.3. The maximum absolute atomic E-state index is 4.81. The Labute approximate surface area is 302 Å². The van der Waals surface area contributed by atoms with Gasteiger partial charge in [-0.1, -0.05) is 121 Å². The smallest absolute Gasteiger partial charge is 0.0708 e. The number of fused-ring (bicyclic) bond motifs is 11. The zero-order valence-electron chi connectivity index (χ0n) is 27.4. The Balaban J connectivity index is 1.09. The largest absolute Gasteiger partial charge is 0.310 e. The Hall–Kier alpha value is -6.07. The average molecular weight is 685 g/mol. The van der Waals surface area contributed by atoms with E-state index in [0.717, 1.165) is 33.7 Å². The SMILES string of the molecule is c1ccc2cc(-c3ccc(N(c4ccc5c(c4)sc4c6ccccc6ccc54)c4ccc5c(c4)sc4c6ccccc6ccc54)cc3)ncc2c1. The van der Waals surface area contributed by atoms with Gasteiger partial charge in [0, 0.05) is 74.6 Å². The lowest BCUT2D eigenvalue weighted by molar-refractivity contribution is 1.29. The van der Waals surface area contributed by atoms with Gasteiger partial charge in [0.05, 0.1) is 5.69 Å². The van der Waals surface area contributed by atoms with Crippen LogP contribution in [-0.4, -0.2) is 4.98 Å². The molecule has 0 spiro atoms. The third kappa shape index (κ3) is 4.58. The molecule has 0 bridgehead atoms. The number of nitrogens with zero attached hydrogens (tertiary/aromatic N) is 2. The number of benzene rings is 8. The molecular weight excluding hydrogens is 657 g/mol. The van der Waals surface area contributed by atoms with Crippen LogP contribution in [0.5, 0.6) is 0 Å². The zero-order chi connectivity index (χ0) is 33.5. The summed E-state index contributed by atoms with van der Waals surface area (Å²) in [5.41, 5.74) is 5.46.